The Balaban J connectivity index is 1.69. The van der Waals surface area contributed by atoms with Gasteiger partial charge in [-0.25, -0.2) is 0 Å². The van der Waals surface area contributed by atoms with Crippen molar-refractivity contribution in [1.82, 2.24) is 5.32 Å². The van der Waals surface area contributed by atoms with E-state index < -0.39 is 24.0 Å². The highest BCUT2D eigenvalue weighted by molar-refractivity contribution is 6.03. The lowest BCUT2D eigenvalue weighted by Crippen LogP contribution is -2.47. The van der Waals surface area contributed by atoms with Gasteiger partial charge in [0.1, 0.15) is 6.04 Å². The molecule has 4 aromatic carbocycles. The Hall–Kier alpha value is -3.70. The van der Waals surface area contributed by atoms with Crippen LogP contribution in [-0.2, 0) is 20.7 Å². The molecular formula is C26H24N2O3. The van der Waals surface area contributed by atoms with E-state index in [1.165, 1.54) is 7.11 Å². The second-order valence-corrected chi connectivity index (χ2v) is 7.49. The number of rotatable bonds is 7. The fourth-order valence-corrected chi connectivity index (χ4v) is 4.02. The van der Waals surface area contributed by atoms with Crippen LogP contribution in [0.15, 0.2) is 84.9 Å². The number of methoxy groups -OCH3 is 1. The predicted molar refractivity (Wildman–Crippen MR) is 122 cm³/mol. The number of primary amides is 1. The molecule has 0 heterocycles. The molecule has 0 aliphatic rings. The lowest BCUT2D eigenvalue weighted by Gasteiger charge is -2.22. The number of carbonyl (C=O) groups is 2. The molecule has 5 heteroatoms. The number of amides is 2. The predicted octanol–water partition coefficient (Wildman–Crippen LogP) is 3.89. The molecule has 2 atom stereocenters. The van der Waals surface area contributed by atoms with Crippen molar-refractivity contribution < 1.29 is 14.3 Å². The summed E-state index contributed by atoms with van der Waals surface area (Å²) in [4.78, 5) is 25.3. The molecule has 2 amide bonds. The second kappa shape index (κ2) is 8.98. The topological polar surface area (TPSA) is 81.4 Å². The van der Waals surface area contributed by atoms with E-state index in [9.17, 15) is 9.59 Å². The number of nitrogens with one attached hydrogen (secondary N) is 1. The van der Waals surface area contributed by atoms with Gasteiger partial charge < -0.3 is 15.8 Å². The van der Waals surface area contributed by atoms with E-state index in [4.69, 9.17) is 10.5 Å². The van der Waals surface area contributed by atoms with Crippen LogP contribution < -0.4 is 11.1 Å². The van der Waals surface area contributed by atoms with Gasteiger partial charge in [0.2, 0.25) is 5.91 Å². The monoisotopic (exact) mass is 412 g/mol. The molecule has 0 unspecified atom stereocenters. The van der Waals surface area contributed by atoms with E-state index in [1.807, 2.05) is 78.9 Å². The number of fused-ring (bicyclic) bond motifs is 2. The third-order valence-corrected chi connectivity index (χ3v) is 5.53. The second-order valence-electron chi connectivity index (χ2n) is 7.49. The quantitative estimate of drug-likeness (QED) is 0.452. The average molecular weight is 412 g/mol. The summed E-state index contributed by atoms with van der Waals surface area (Å²) in [5.41, 5.74) is 7.39. The standard InChI is InChI=1S/C26H24N2O3/c1-31-24(17-9-3-2-4-10-17)26(30)28-23(25(27)29)16-22-20-13-7-5-11-18(20)15-19-12-6-8-14-21(19)22/h2-15,23-24H,16H2,1H3,(H2,27,29)(H,28,30)/t23-,24+/m0/s1. The first kappa shape index (κ1) is 20.6. The Kier molecular flexibility index (Phi) is 5.96. The van der Waals surface area contributed by atoms with Crippen LogP contribution in [0.4, 0.5) is 0 Å². The number of hydrogen-bond donors (Lipinski definition) is 2. The van der Waals surface area contributed by atoms with Crippen LogP contribution in [-0.4, -0.2) is 25.0 Å². The first-order chi connectivity index (χ1) is 15.1. The first-order valence-corrected chi connectivity index (χ1v) is 10.2. The van der Waals surface area contributed by atoms with E-state index in [1.54, 1.807) is 0 Å². The minimum atomic E-state index is -0.872. The maximum absolute atomic E-state index is 13.0. The molecule has 0 bridgehead atoms. The maximum Gasteiger partial charge on any atom is 0.254 e. The van der Waals surface area contributed by atoms with Crippen molar-refractivity contribution in [2.45, 2.75) is 18.6 Å². The van der Waals surface area contributed by atoms with Crippen molar-refractivity contribution in [3.8, 4) is 0 Å². The Bertz CT molecular complexity index is 1180. The molecule has 0 aliphatic carbocycles. The highest BCUT2D eigenvalue weighted by Crippen LogP contribution is 2.29. The van der Waals surface area contributed by atoms with E-state index in [0.29, 0.717) is 5.56 Å². The van der Waals surface area contributed by atoms with Crippen LogP contribution in [0.5, 0.6) is 0 Å². The molecule has 0 radical (unpaired) electrons. The zero-order valence-electron chi connectivity index (χ0n) is 17.2. The van der Waals surface area contributed by atoms with Gasteiger partial charge in [-0.1, -0.05) is 78.9 Å². The van der Waals surface area contributed by atoms with E-state index in [2.05, 4.69) is 11.4 Å². The molecule has 0 aromatic heterocycles. The summed E-state index contributed by atoms with van der Waals surface area (Å²) in [5.74, 6) is -0.990. The van der Waals surface area contributed by atoms with Gasteiger partial charge in [-0.05, 0) is 38.7 Å². The average Bonchev–Trinajstić information content (AvgIpc) is 2.79. The molecule has 0 spiro atoms. The van der Waals surface area contributed by atoms with Gasteiger partial charge in [0.15, 0.2) is 6.10 Å². The van der Waals surface area contributed by atoms with Gasteiger partial charge in [-0.3, -0.25) is 9.59 Å². The number of benzene rings is 4. The third kappa shape index (κ3) is 4.27. The van der Waals surface area contributed by atoms with E-state index in [0.717, 1.165) is 27.1 Å². The molecule has 0 saturated heterocycles. The van der Waals surface area contributed by atoms with Gasteiger partial charge in [-0.15, -0.1) is 0 Å². The van der Waals surface area contributed by atoms with Crippen molar-refractivity contribution in [3.63, 3.8) is 0 Å². The van der Waals surface area contributed by atoms with Gasteiger partial charge >= 0.3 is 0 Å². The highest BCUT2D eigenvalue weighted by Gasteiger charge is 2.26. The number of hydrogen-bond acceptors (Lipinski definition) is 3. The van der Waals surface area contributed by atoms with E-state index >= 15 is 0 Å². The number of nitrogens with two attached hydrogens (primary N) is 1. The van der Waals surface area contributed by atoms with Crippen molar-refractivity contribution in [3.05, 3.63) is 96.1 Å². The lowest BCUT2D eigenvalue weighted by atomic mass is 9.92. The van der Waals surface area contributed by atoms with Crippen molar-refractivity contribution in [1.29, 1.82) is 0 Å². The molecule has 0 aliphatic heterocycles. The van der Waals surface area contributed by atoms with Crippen LogP contribution in [0.25, 0.3) is 21.5 Å². The summed E-state index contributed by atoms with van der Waals surface area (Å²) >= 11 is 0. The Morgan fingerprint density at radius 1 is 0.871 bits per heavy atom. The Morgan fingerprint density at radius 2 is 1.42 bits per heavy atom. The molecule has 3 N–H and O–H groups in total. The minimum absolute atomic E-state index is 0.286. The van der Waals surface area contributed by atoms with Gasteiger partial charge in [0.25, 0.3) is 5.91 Å². The van der Waals surface area contributed by atoms with Crippen molar-refractivity contribution >= 4 is 33.4 Å². The normalized spacial score (nSPS) is 13.1. The first-order valence-electron chi connectivity index (χ1n) is 10.2. The summed E-state index contributed by atoms with van der Waals surface area (Å²) in [7, 11) is 1.47. The van der Waals surface area contributed by atoms with Crippen LogP contribution >= 0.6 is 0 Å². The molecule has 156 valence electrons. The zero-order chi connectivity index (χ0) is 21.8. The lowest BCUT2D eigenvalue weighted by molar-refractivity contribution is -0.134. The third-order valence-electron chi connectivity index (χ3n) is 5.53. The largest absolute Gasteiger partial charge is 0.368 e. The van der Waals surface area contributed by atoms with Gasteiger partial charge in [-0.2, -0.15) is 0 Å². The molecule has 5 nitrogen and oxygen atoms in total. The van der Waals surface area contributed by atoms with Crippen molar-refractivity contribution in [2.24, 2.45) is 5.73 Å². The van der Waals surface area contributed by atoms with E-state index in [-0.39, 0.29) is 6.42 Å². The maximum atomic E-state index is 13.0. The summed E-state index contributed by atoms with van der Waals surface area (Å²) in [6, 6.07) is 26.5. The van der Waals surface area contributed by atoms with Gasteiger partial charge in [0, 0.05) is 13.5 Å². The fourth-order valence-electron chi connectivity index (χ4n) is 4.02. The summed E-state index contributed by atoms with van der Waals surface area (Å²) in [6.45, 7) is 0. The summed E-state index contributed by atoms with van der Waals surface area (Å²) in [6.07, 6.45) is -0.541. The SMILES string of the molecule is CO[C@@H](C(=O)N[C@@H](Cc1c2ccccc2cc2ccccc12)C(N)=O)c1ccccc1. The molecule has 0 saturated carbocycles. The molecule has 31 heavy (non-hydrogen) atoms. The van der Waals surface area contributed by atoms with Crippen LogP contribution in [0.1, 0.15) is 17.2 Å². The van der Waals surface area contributed by atoms with Crippen LogP contribution in [0, 0.1) is 0 Å². The molecule has 4 rings (SSSR count). The molecule has 0 fully saturated rings. The Labute approximate surface area is 180 Å². The number of carbonyl (C=O) groups excluding carboxylic acids is 2. The zero-order valence-corrected chi connectivity index (χ0v) is 17.2. The molecular weight excluding hydrogens is 388 g/mol. The Morgan fingerprint density at radius 3 is 1.97 bits per heavy atom. The summed E-state index contributed by atoms with van der Waals surface area (Å²) in [5, 5.41) is 7.02. The minimum Gasteiger partial charge on any atom is -0.368 e. The fraction of sp³-hybridized carbons (Fsp3) is 0.154. The van der Waals surface area contributed by atoms with Crippen molar-refractivity contribution in [2.75, 3.05) is 7.11 Å². The van der Waals surface area contributed by atoms with Crippen LogP contribution in [0.3, 0.4) is 0 Å². The smallest absolute Gasteiger partial charge is 0.254 e. The summed E-state index contributed by atoms with van der Waals surface area (Å²) < 4.78 is 5.41. The van der Waals surface area contributed by atoms with Crippen LogP contribution in [0.2, 0.25) is 0 Å². The van der Waals surface area contributed by atoms with Gasteiger partial charge in [0.05, 0.1) is 0 Å². The highest BCUT2D eigenvalue weighted by atomic mass is 16.5. The molecule has 4 aromatic rings. The number of ether oxygens (including phenoxy) is 1.